The molecule has 1 saturated heterocycles. The number of piperidine rings is 1. The monoisotopic (exact) mass is 551 g/mol. The number of nitrogens with zero attached hydrogens (tertiary/aromatic N) is 8. The highest BCUT2D eigenvalue weighted by atomic mass is 35.5. The summed E-state index contributed by atoms with van der Waals surface area (Å²) in [6, 6.07) is 10.5. The molecule has 202 valence electrons. The van der Waals surface area contributed by atoms with E-state index in [4.69, 9.17) is 21.4 Å². The number of aromatic nitrogens is 7. The molecule has 1 aliphatic heterocycles. The molecule has 1 aliphatic rings. The number of halogens is 1. The molecular weight excluding hydrogens is 526 g/mol. The zero-order chi connectivity index (χ0) is 27.5. The molecule has 0 spiro atoms. The standard InChI is InChI=1S/C25H26ClN9O4/c1-15(39-25(37)38)35-23(30-31-32-35)21-19(14-29-33(21)2)16-7-9-17(10-8-16)24(36)34(18-5-3-11-27-13-18)22-20(26)6-4-12-28-22/h4,6-10,12,14-15,18,27H,3,5,11,13H2,1-2H3,(H,37,38)/t15-,18-/m1/s1. The summed E-state index contributed by atoms with van der Waals surface area (Å²) < 4.78 is 7.68. The Kier molecular flexibility index (Phi) is 7.52. The fraction of sp³-hybridized carbons (Fsp3) is 0.320. The van der Waals surface area contributed by atoms with Gasteiger partial charge in [-0.15, -0.1) is 5.10 Å². The van der Waals surface area contributed by atoms with E-state index >= 15 is 0 Å². The number of carbonyl (C=O) groups excluding carboxylic acids is 1. The van der Waals surface area contributed by atoms with Crippen molar-refractivity contribution in [2.75, 3.05) is 18.0 Å². The second-order valence-electron chi connectivity index (χ2n) is 9.02. The Balaban J connectivity index is 1.47. The van der Waals surface area contributed by atoms with Gasteiger partial charge in [0.05, 0.1) is 17.3 Å². The third-order valence-corrected chi connectivity index (χ3v) is 6.82. The number of tetrazole rings is 1. The smallest absolute Gasteiger partial charge is 0.450 e. The summed E-state index contributed by atoms with van der Waals surface area (Å²) in [6.07, 6.45) is 2.65. The summed E-state index contributed by atoms with van der Waals surface area (Å²) in [7, 11) is 1.73. The van der Waals surface area contributed by atoms with E-state index in [1.165, 1.54) is 11.6 Å². The third kappa shape index (κ3) is 5.31. The highest BCUT2D eigenvalue weighted by molar-refractivity contribution is 6.33. The van der Waals surface area contributed by atoms with Crippen LogP contribution in [0.15, 0.2) is 48.8 Å². The van der Waals surface area contributed by atoms with Gasteiger partial charge in [-0.05, 0) is 66.6 Å². The zero-order valence-corrected chi connectivity index (χ0v) is 22.0. The molecule has 3 aromatic heterocycles. The van der Waals surface area contributed by atoms with Crippen molar-refractivity contribution in [2.45, 2.75) is 32.0 Å². The van der Waals surface area contributed by atoms with Gasteiger partial charge in [-0.3, -0.25) is 14.4 Å². The zero-order valence-electron chi connectivity index (χ0n) is 21.2. The molecule has 1 fully saturated rings. The fourth-order valence-electron chi connectivity index (χ4n) is 4.68. The number of nitrogens with one attached hydrogen (secondary N) is 1. The van der Waals surface area contributed by atoms with Crippen molar-refractivity contribution >= 4 is 29.5 Å². The van der Waals surface area contributed by atoms with E-state index in [1.54, 1.807) is 53.3 Å². The molecule has 39 heavy (non-hydrogen) atoms. The van der Waals surface area contributed by atoms with Crippen LogP contribution in [-0.4, -0.2) is 71.3 Å². The summed E-state index contributed by atoms with van der Waals surface area (Å²) in [5.41, 5.74) is 2.48. The number of rotatable bonds is 7. The van der Waals surface area contributed by atoms with Gasteiger partial charge in [0.1, 0.15) is 5.69 Å². The molecule has 0 unspecified atom stereocenters. The molecule has 2 atom stereocenters. The van der Waals surface area contributed by atoms with Crippen LogP contribution in [0.25, 0.3) is 22.6 Å². The van der Waals surface area contributed by atoms with Gasteiger partial charge < -0.3 is 15.2 Å². The molecule has 0 aliphatic carbocycles. The first-order valence-corrected chi connectivity index (χ1v) is 12.7. The third-order valence-electron chi connectivity index (χ3n) is 6.52. The van der Waals surface area contributed by atoms with Crippen LogP contribution >= 0.6 is 11.6 Å². The van der Waals surface area contributed by atoms with Gasteiger partial charge in [0.15, 0.2) is 12.0 Å². The highest BCUT2D eigenvalue weighted by Gasteiger charge is 2.30. The number of pyridine rings is 1. The van der Waals surface area contributed by atoms with Crippen molar-refractivity contribution in [1.82, 2.24) is 40.3 Å². The van der Waals surface area contributed by atoms with Crippen molar-refractivity contribution in [3.8, 4) is 22.6 Å². The average molecular weight is 552 g/mol. The highest BCUT2D eigenvalue weighted by Crippen LogP contribution is 2.33. The van der Waals surface area contributed by atoms with Crippen LogP contribution in [-0.2, 0) is 11.8 Å². The molecule has 13 nitrogen and oxygen atoms in total. The first kappa shape index (κ1) is 26.3. The summed E-state index contributed by atoms with van der Waals surface area (Å²) in [6.45, 7) is 3.07. The fourth-order valence-corrected chi connectivity index (χ4v) is 4.89. The molecular formula is C25H26ClN9O4. The van der Waals surface area contributed by atoms with Gasteiger partial charge >= 0.3 is 6.16 Å². The van der Waals surface area contributed by atoms with Gasteiger partial charge in [-0.25, -0.2) is 9.78 Å². The Labute approximate surface area is 228 Å². The SMILES string of the molecule is C[C@@H](OC(=O)O)n1nnnc1-c1c(-c2ccc(C(=O)N(c3ncccc3Cl)[C@@H]3CCCNC3)cc2)cnn1C. The van der Waals surface area contributed by atoms with Crippen LogP contribution in [0.5, 0.6) is 0 Å². The van der Waals surface area contributed by atoms with Gasteiger partial charge in [-0.2, -0.15) is 9.78 Å². The van der Waals surface area contributed by atoms with E-state index in [0.29, 0.717) is 34.2 Å². The average Bonchev–Trinajstić information content (AvgIpc) is 3.56. The predicted molar refractivity (Wildman–Crippen MR) is 141 cm³/mol. The maximum absolute atomic E-state index is 13.8. The number of hydrogen-bond donors (Lipinski definition) is 2. The minimum absolute atomic E-state index is 0.0860. The number of ether oxygens (including phenoxy) is 1. The normalized spacial score (nSPS) is 16.0. The number of carboxylic acid groups (broad SMARTS) is 1. The molecule has 14 heteroatoms. The van der Waals surface area contributed by atoms with Gasteiger partial charge in [0.25, 0.3) is 5.91 Å². The van der Waals surface area contributed by atoms with Gasteiger partial charge in [-0.1, -0.05) is 23.7 Å². The van der Waals surface area contributed by atoms with Crippen LogP contribution in [0.4, 0.5) is 10.6 Å². The maximum Gasteiger partial charge on any atom is 0.507 e. The number of aryl methyl sites for hydroxylation is 1. The molecule has 0 bridgehead atoms. The van der Waals surface area contributed by atoms with E-state index < -0.39 is 12.4 Å². The Morgan fingerprint density at radius 2 is 2.05 bits per heavy atom. The summed E-state index contributed by atoms with van der Waals surface area (Å²) in [5.74, 6) is 0.506. The van der Waals surface area contributed by atoms with E-state index in [9.17, 15) is 9.59 Å². The van der Waals surface area contributed by atoms with Gasteiger partial charge in [0.2, 0.25) is 5.82 Å². The first-order chi connectivity index (χ1) is 18.8. The lowest BCUT2D eigenvalue weighted by Gasteiger charge is -2.34. The van der Waals surface area contributed by atoms with Gasteiger partial charge in [0, 0.05) is 30.9 Å². The largest absolute Gasteiger partial charge is 0.507 e. The molecule has 0 saturated carbocycles. The molecule has 5 rings (SSSR count). The minimum atomic E-state index is -1.44. The molecule has 4 heterocycles. The summed E-state index contributed by atoms with van der Waals surface area (Å²) >= 11 is 6.46. The summed E-state index contributed by atoms with van der Waals surface area (Å²) in [4.78, 5) is 30.9. The van der Waals surface area contributed by atoms with Crippen LogP contribution < -0.4 is 10.2 Å². The summed E-state index contributed by atoms with van der Waals surface area (Å²) in [5, 5.41) is 28.8. The molecule has 1 amide bonds. The number of anilines is 1. The molecule has 1 aromatic carbocycles. The second kappa shape index (κ2) is 11.2. The second-order valence-corrected chi connectivity index (χ2v) is 9.43. The van der Waals surface area contributed by atoms with Crippen LogP contribution in [0, 0.1) is 0 Å². The quantitative estimate of drug-likeness (QED) is 0.327. The number of carbonyl (C=O) groups is 2. The van der Waals surface area contributed by atoms with Crippen molar-refractivity contribution in [3.63, 3.8) is 0 Å². The van der Waals surface area contributed by atoms with E-state index in [2.05, 4.69) is 30.9 Å². The topological polar surface area (TPSA) is 153 Å². The van der Waals surface area contributed by atoms with E-state index in [0.717, 1.165) is 24.9 Å². The first-order valence-electron chi connectivity index (χ1n) is 12.3. The van der Waals surface area contributed by atoms with Crippen LogP contribution in [0.3, 0.4) is 0 Å². The minimum Gasteiger partial charge on any atom is -0.450 e. The maximum atomic E-state index is 13.8. The molecule has 0 radical (unpaired) electrons. The van der Waals surface area contributed by atoms with Crippen molar-refractivity contribution in [2.24, 2.45) is 7.05 Å². The molecule has 4 aromatic rings. The van der Waals surface area contributed by atoms with E-state index in [1.807, 2.05) is 12.1 Å². The Hall–Kier alpha value is -4.36. The van der Waals surface area contributed by atoms with Crippen molar-refractivity contribution < 1.29 is 19.4 Å². The Bertz CT molecular complexity index is 1480. The van der Waals surface area contributed by atoms with Crippen molar-refractivity contribution in [3.05, 3.63) is 59.4 Å². The number of hydrogen-bond acceptors (Lipinski definition) is 9. The van der Waals surface area contributed by atoms with E-state index in [-0.39, 0.29) is 17.8 Å². The number of amides is 1. The number of benzene rings is 1. The lowest BCUT2D eigenvalue weighted by molar-refractivity contribution is 0.0219. The van der Waals surface area contributed by atoms with Crippen LogP contribution in [0.2, 0.25) is 5.02 Å². The Morgan fingerprint density at radius 3 is 2.74 bits per heavy atom. The Morgan fingerprint density at radius 1 is 1.26 bits per heavy atom. The van der Waals surface area contributed by atoms with Crippen molar-refractivity contribution in [1.29, 1.82) is 0 Å². The lowest BCUT2D eigenvalue weighted by Crippen LogP contribution is -2.49. The predicted octanol–water partition coefficient (Wildman–Crippen LogP) is 3.40. The molecule has 2 N–H and O–H groups in total. The lowest BCUT2D eigenvalue weighted by atomic mass is 10.0. The van der Waals surface area contributed by atoms with Crippen LogP contribution in [0.1, 0.15) is 36.4 Å².